The predicted molar refractivity (Wildman–Crippen MR) is 61.9 cm³/mol. The van der Waals surface area contributed by atoms with E-state index in [0.29, 0.717) is 0 Å². The molecule has 0 N–H and O–H groups in total. The van der Waals surface area contributed by atoms with Gasteiger partial charge in [-0.05, 0) is 26.0 Å². The fraction of sp³-hybridized carbons (Fsp3) is 0.400. The maximum Gasteiger partial charge on any atom is 0.122 e. The summed E-state index contributed by atoms with van der Waals surface area (Å²) in [5.41, 5.74) is 0. The second-order valence-electron chi connectivity index (χ2n) is 3.32. The molecule has 1 aromatic carbocycles. The highest BCUT2D eigenvalue weighted by Gasteiger charge is 2.27. The lowest BCUT2D eigenvalue weighted by Crippen LogP contribution is -2.23. The molecular formula is C10H12Cl2S. The molecule has 0 saturated carbocycles. The fourth-order valence-corrected chi connectivity index (χ4v) is 2.09. The maximum absolute atomic E-state index is 5.86. The Bertz CT molecular complexity index is 257. The van der Waals surface area contributed by atoms with Gasteiger partial charge >= 0.3 is 0 Å². The first-order chi connectivity index (χ1) is 6.02. The predicted octanol–water partition coefficient (Wildman–Crippen LogP) is 4.36. The molecule has 0 bridgehead atoms. The summed E-state index contributed by atoms with van der Waals surface area (Å²) >= 11 is 13.4. The van der Waals surface area contributed by atoms with Crippen LogP contribution in [0.4, 0.5) is 0 Å². The summed E-state index contributed by atoms with van der Waals surface area (Å²) in [6.07, 6.45) is 0. The van der Waals surface area contributed by atoms with Gasteiger partial charge in [-0.15, -0.1) is 35.0 Å². The Hall–Kier alpha value is 0.150. The van der Waals surface area contributed by atoms with E-state index < -0.39 is 0 Å². The van der Waals surface area contributed by atoms with E-state index in [9.17, 15) is 0 Å². The molecule has 0 atom stereocenters. The van der Waals surface area contributed by atoms with Crippen molar-refractivity contribution in [2.24, 2.45) is 0 Å². The summed E-state index contributed by atoms with van der Waals surface area (Å²) in [5, 5.41) is 0. The zero-order valence-corrected chi connectivity index (χ0v) is 9.96. The first kappa shape index (κ1) is 11.2. The van der Waals surface area contributed by atoms with Crippen LogP contribution >= 0.6 is 35.0 Å². The number of rotatable bonds is 3. The minimum absolute atomic E-state index is 0.148. The number of hydrogen-bond acceptors (Lipinski definition) is 1. The van der Waals surface area contributed by atoms with Crippen LogP contribution in [0.2, 0.25) is 0 Å². The molecule has 0 saturated heterocycles. The molecule has 0 aliphatic rings. The standard InChI is InChI=1S/C10H12Cl2S/c1-10(2,9(11)12)13-8-6-4-3-5-7-8/h3-7,9H,1-2H3. The van der Waals surface area contributed by atoms with Crippen LogP contribution in [0.3, 0.4) is 0 Å². The Morgan fingerprint density at radius 1 is 1.15 bits per heavy atom. The van der Waals surface area contributed by atoms with Gasteiger partial charge < -0.3 is 0 Å². The Balaban J connectivity index is 2.69. The van der Waals surface area contributed by atoms with Crippen molar-refractivity contribution in [2.75, 3.05) is 0 Å². The third kappa shape index (κ3) is 3.41. The van der Waals surface area contributed by atoms with Gasteiger partial charge in [0.2, 0.25) is 0 Å². The van der Waals surface area contributed by atoms with Crippen molar-refractivity contribution in [2.45, 2.75) is 28.3 Å². The monoisotopic (exact) mass is 234 g/mol. The molecule has 0 heterocycles. The molecule has 0 aromatic heterocycles. The van der Waals surface area contributed by atoms with Gasteiger partial charge in [-0.2, -0.15) is 0 Å². The van der Waals surface area contributed by atoms with Crippen molar-refractivity contribution in [1.29, 1.82) is 0 Å². The molecule has 1 aromatic rings. The van der Waals surface area contributed by atoms with Gasteiger partial charge in [-0.25, -0.2) is 0 Å². The Kier molecular flexibility index (Phi) is 3.96. The first-order valence-corrected chi connectivity index (χ1v) is 5.73. The number of hydrogen-bond donors (Lipinski definition) is 0. The zero-order chi connectivity index (χ0) is 9.90. The van der Waals surface area contributed by atoms with Crippen LogP contribution in [0.25, 0.3) is 0 Å². The van der Waals surface area contributed by atoms with Gasteiger partial charge in [0.25, 0.3) is 0 Å². The van der Waals surface area contributed by atoms with E-state index in [1.807, 2.05) is 32.0 Å². The summed E-state index contributed by atoms with van der Waals surface area (Å²) in [7, 11) is 0. The van der Waals surface area contributed by atoms with E-state index in [1.165, 1.54) is 4.90 Å². The molecule has 0 radical (unpaired) electrons. The summed E-state index contributed by atoms with van der Waals surface area (Å²) in [5.74, 6) is 0. The molecule has 0 aliphatic heterocycles. The summed E-state index contributed by atoms with van der Waals surface area (Å²) < 4.78 is -0.148. The molecule has 1 rings (SSSR count). The van der Waals surface area contributed by atoms with Crippen molar-refractivity contribution in [3.63, 3.8) is 0 Å². The van der Waals surface area contributed by atoms with Gasteiger partial charge in [0, 0.05) is 9.64 Å². The van der Waals surface area contributed by atoms with Gasteiger partial charge in [-0.3, -0.25) is 0 Å². The molecule has 0 nitrogen and oxygen atoms in total. The van der Waals surface area contributed by atoms with E-state index in [1.54, 1.807) is 11.8 Å². The van der Waals surface area contributed by atoms with Crippen LogP contribution in [0.15, 0.2) is 35.2 Å². The van der Waals surface area contributed by atoms with Crippen LogP contribution in [0.1, 0.15) is 13.8 Å². The fourth-order valence-electron chi connectivity index (χ4n) is 0.837. The highest BCUT2D eigenvalue weighted by atomic mass is 35.5. The molecule has 0 aliphatic carbocycles. The quantitative estimate of drug-likeness (QED) is 0.554. The molecule has 13 heavy (non-hydrogen) atoms. The minimum Gasteiger partial charge on any atom is -0.117 e. The van der Waals surface area contributed by atoms with Gasteiger partial charge in [0.05, 0.1) is 0 Å². The van der Waals surface area contributed by atoms with Crippen molar-refractivity contribution in [3.05, 3.63) is 30.3 Å². The Morgan fingerprint density at radius 2 is 1.69 bits per heavy atom. The highest BCUT2D eigenvalue weighted by molar-refractivity contribution is 8.00. The second kappa shape index (κ2) is 4.59. The van der Waals surface area contributed by atoms with E-state index in [2.05, 4.69) is 12.1 Å². The summed E-state index contributed by atoms with van der Waals surface area (Å²) in [6, 6.07) is 10.1. The Labute approximate surface area is 93.6 Å². The molecule has 0 spiro atoms. The molecular weight excluding hydrogens is 223 g/mol. The van der Waals surface area contributed by atoms with Crippen LogP contribution in [-0.4, -0.2) is 9.58 Å². The van der Waals surface area contributed by atoms with E-state index >= 15 is 0 Å². The van der Waals surface area contributed by atoms with Crippen molar-refractivity contribution >= 4 is 35.0 Å². The average Bonchev–Trinajstić information content (AvgIpc) is 2.05. The third-order valence-corrected chi connectivity index (χ3v) is 4.27. The van der Waals surface area contributed by atoms with Gasteiger partial charge in [-0.1, -0.05) is 18.2 Å². The lowest BCUT2D eigenvalue weighted by molar-refractivity contribution is 0.773. The van der Waals surface area contributed by atoms with E-state index in [0.717, 1.165) is 0 Å². The van der Waals surface area contributed by atoms with Crippen LogP contribution in [0.5, 0.6) is 0 Å². The number of benzene rings is 1. The molecule has 0 unspecified atom stereocenters. The smallest absolute Gasteiger partial charge is 0.117 e. The van der Waals surface area contributed by atoms with Crippen LogP contribution < -0.4 is 0 Å². The molecule has 72 valence electrons. The number of thioether (sulfide) groups is 1. The highest BCUT2D eigenvalue weighted by Crippen LogP contribution is 2.38. The topological polar surface area (TPSA) is 0 Å². The third-order valence-electron chi connectivity index (χ3n) is 1.65. The van der Waals surface area contributed by atoms with Crippen molar-refractivity contribution in [3.8, 4) is 0 Å². The zero-order valence-electron chi connectivity index (χ0n) is 7.63. The van der Waals surface area contributed by atoms with Crippen LogP contribution in [-0.2, 0) is 0 Å². The van der Waals surface area contributed by atoms with Crippen molar-refractivity contribution in [1.82, 2.24) is 0 Å². The number of alkyl halides is 2. The van der Waals surface area contributed by atoms with E-state index in [4.69, 9.17) is 23.2 Å². The van der Waals surface area contributed by atoms with Crippen LogP contribution in [0, 0.1) is 0 Å². The normalized spacial score (nSPS) is 12.1. The minimum atomic E-state index is -0.363. The number of halogens is 2. The lowest BCUT2D eigenvalue weighted by Gasteiger charge is -2.24. The Morgan fingerprint density at radius 3 is 2.15 bits per heavy atom. The maximum atomic E-state index is 5.86. The molecule has 0 fully saturated rings. The SMILES string of the molecule is CC(C)(Sc1ccccc1)C(Cl)Cl. The van der Waals surface area contributed by atoms with E-state index in [-0.39, 0.29) is 9.58 Å². The summed E-state index contributed by atoms with van der Waals surface area (Å²) in [4.78, 5) is 0.830. The van der Waals surface area contributed by atoms with Crippen molar-refractivity contribution < 1.29 is 0 Å². The molecule has 0 amide bonds. The summed E-state index contributed by atoms with van der Waals surface area (Å²) in [6.45, 7) is 4.07. The molecule has 3 heteroatoms. The second-order valence-corrected chi connectivity index (χ2v) is 6.14. The first-order valence-electron chi connectivity index (χ1n) is 4.04. The largest absolute Gasteiger partial charge is 0.122 e. The lowest BCUT2D eigenvalue weighted by atomic mass is 10.2. The van der Waals surface area contributed by atoms with Gasteiger partial charge in [0.15, 0.2) is 0 Å². The average molecular weight is 235 g/mol. The van der Waals surface area contributed by atoms with Gasteiger partial charge in [0.1, 0.15) is 4.84 Å².